The molecule has 15 heavy (non-hydrogen) atoms. The number of methoxy groups -OCH3 is 1. The lowest BCUT2D eigenvalue weighted by Crippen LogP contribution is -2.29. The summed E-state index contributed by atoms with van der Waals surface area (Å²) in [5.41, 5.74) is 0. The SMILES string of the molecule is C=C/C=C\C(CCC)OOC(C)(C)OC. The van der Waals surface area contributed by atoms with Crippen LogP contribution in [-0.2, 0) is 14.5 Å². The first-order valence-corrected chi connectivity index (χ1v) is 5.24. The van der Waals surface area contributed by atoms with Crippen LogP contribution in [0.2, 0.25) is 0 Å². The second kappa shape index (κ2) is 7.63. The van der Waals surface area contributed by atoms with Gasteiger partial charge in [0, 0.05) is 7.11 Å². The Labute approximate surface area is 92.6 Å². The largest absolute Gasteiger partial charge is 0.351 e. The van der Waals surface area contributed by atoms with E-state index in [4.69, 9.17) is 14.5 Å². The lowest BCUT2D eigenvalue weighted by molar-refractivity contribution is -0.425. The van der Waals surface area contributed by atoms with Crippen molar-refractivity contribution in [2.75, 3.05) is 7.11 Å². The van der Waals surface area contributed by atoms with Crippen LogP contribution in [0.1, 0.15) is 33.6 Å². The monoisotopic (exact) mass is 214 g/mol. The molecule has 0 aliphatic rings. The molecular weight excluding hydrogens is 192 g/mol. The van der Waals surface area contributed by atoms with E-state index in [1.807, 2.05) is 12.2 Å². The zero-order valence-electron chi connectivity index (χ0n) is 10.2. The summed E-state index contributed by atoms with van der Waals surface area (Å²) in [6.45, 7) is 9.30. The lowest BCUT2D eigenvalue weighted by atomic mass is 10.2. The number of allylic oxidation sites excluding steroid dienone is 2. The Morgan fingerprint density at radius 2 is 2.07 bits per heavy atom. The van der Waals surface area contributed by atoms with Crippen molar-refractivity contribution in [3.8, 4) is 0 Å². The molecule has 0 amide bonds. The van der Waals surface area contributed by atoms with Crippen molar-refractivity contribution >= 4 is 0 Å². The van der Waals surface area contributed by atoms with Crippen molar-refractivity contribution in [1.29, 1.82) is 0 Å². The number of hydrogen-bond donors (Lipinski definition) is 0. The maximum absolute atomic E-state index is 5.28. The third-order valence-corrected chi connectivity index (χ3v) is 1.90. The zero-order chi connectivity index (χ0) is 11.7. The van der Waals surface area contributed by atoms with Gasteiger partial charge in [-0.1, -0.05) is 38.2 Å². The second-order valence-corrected chi connectivity index (χ2v) is 3.73. The van der Waals surface area contributed by atoms with E-state index in [1.165, 1.54) is 0 Å². The van der Waals surface area contributed by atoms with Gasteiger partial charge in [-0.2, -0.15) is 0 Å². The minimum absolute atomic E-state index is 0.0533. The minimum atomic E-state index is -0.714. The van der Waals surface area contributed by atoms with E-state index in [0.29, 0.717) is 0 Å². The van der Waals surface area contributed by atoms with E-state index in [0.717, 1.165) is 12.8 Å². The van der Waals surface area contributed by atoms with Crippen LogP contribution in [0.4, 0.5) is 0 Å². The molecule has 1 atom stereocenters. The molecule has 88 valence electrons. The fourth-order valence-corrected chi connectivity index (χ4v) is 0.875. The molecule has 0 heterocycles. The third kappa shape index (κ3) is 7.31. The molecule has 0 radical (unpaired) electrons. The summed E-state index contributed by atoms with van der Waals surface area (Å²) in [5.74, 6) is -0.714. The Kier molecular flexibility index (Phi) is 7.30. The van der Waals surface area contributed by atoms with Crippen molar-refractivity contribution < 1.29 is 14.5 Å². The molecule has 3 nitrogen and oxygen atoms in total. The first-order chi connectivity index (χ1) is 7.05. The third-order valence-electron chi connectivity index (χ3n) is 1.90. The van der Waals surface area contributed by atoms with Crippen molar-refractivity contribution in [1.82, 2.24) is 0 Å². The van der Waals surface area contributed by atoms with Gasteiger partial charge in [0.25, 0.3) is 0 Å². The topological polar surface area (TPSA) is 27.7 Å². The summed E-state index contributed by atoms with van der Waals surface area (Å²) in [6.07, 6.45) is 7.37. The molecule has 0 aromatic rings. The number of rotatable bonds is 8. The van der Waals surface area contributed by atoms with Gasteiger partial charge in [-0.25, -0.2) is 9.78 Å². The summed E-state index contributed by atoms with van der Waals surface area (Å²) >= 11 is 0. The predicted molar refractivity (Wildman–Crippen MR) is 61.3 cm³/mol. The second-order valence-electron chi connectivity index (χ2n) is 3.73. The van der Waals surface area contributed by atoms with Crippen LogP contribution in [0, 0.1) is 0 Å². The molecule has 0 bridgehead atoms. The van der Waals surface area contributed by atoms with E-state index in [1.54, 1.807) is 27.0 Å². The van der Waals surface area contributed by atoms with Gasteiger partial charge in [-0.3, -0.25) is 0 Å². The molecular formula is C12H22O3. The fraction of sp³-hybridized carbons (Fsp3) is 0.667. The highest BCUT2D eigenvalue weighted by Gasteiger charge is 2.20. The zero-order valence-corrected chi connectivity index (χ0v) is 10.2. The molecule has 0 saturated carbocycles. The number of hydrogen-bond acceptors (Lipinski definition) is 3. The predicted octanol–water partition coefficient (Wildman–Crippen LogP) is 3.23. The molecule has 3 heteroatoms. The summed E-state index contributed by atoms with van der Waals surface area (Å²) in [5, 5.41) is 0. The average molecular weight is 214 g/mol. The van der Waals surface area contributed by atoms with Gasteiger partial charge in [-0.15, -0.1) is 0 Å². The maximum atomic E-state index is 5.28. The normalized spacial score (nSPS) is 14.4. The van der Waals surface area contributed by atoms with Gasteiger partial charge in [-0.05, 0) is 20.3 Å². The molecule has 0 aromatic heterocycles. The lowest BCUT2D eigenvalue weighted by Gasteiger charge is -2.23. The van der Waals surface area contributed by atoms with Gasteiger partial charge in [0.1, 0.15) is 6.10 Å². The van der Waals surface area contributed by atoms with Gasteiger partial charge in [0.15, 0.2) is 5.79 Å². The Bertz CT molecular complexity index is 197. The van der Waals surface area contributed by atoms with Crippen LogP contribution in [0.5, 0.6) is 0 Å². The summed E-state index contributed by atoms with van der Waals surface area (Å²) in [4.78, 5) is 10.5. The van der Waals surface area contributed by atoms with Crippen molar-refractivity contribution in [2.45, 2.75) is 45.5 Å². The first kappa shape index (κ1) is 14.4. The molecule has 0 aromatic carbocycles. The standard InChI is InChI=1S/C12H22O3/c1-6-8-10-11(9-7-2)14-15-12(3,4)13-5/h6,8,10-11H,1,7,9H2,2-5H3/b10-8-. The quantitative estimate of drug-likeness (QED) is 0.269. The Balaban J connectivity index is 4.05. The van der Waals surface area contributed by atoms with Gasteiger partial charge >= 0.3 is 0 Å². The van der Waals surface area contributed by atoms with Crippen LogP contribution < -0.4 is 0 Å². The average Bonchev–Trinajstić information content (AvgIpc) is 2.22. The van der Waals surface area contributed by atoms with Crippen LogP contribution in [0.15, 0.2) is 24.8 Å². The van der Waals surface area contributed by atoms with Crippen LogP contribution >= 0.6 is 0 Å². The van der Waals surface area contributed by atoms with E-state index in [9.17, 15) is 0 Å². The van der Waals surface area contributed by atoms with Gasteiger partial charge in [0.2, 0.25) is 0 Å². The smallest absolute Gasteiger partial charge is 0.195 e. The molecule has 1 unspecified atom stereocenters. The molecule has 0 aliphatic carbocycles. The maximum Gasteiger partial charge on any atom is 0.195 e. The molecule has 0 N–H and O–H groups in total. The fourth-order valence-electron chi connectivity index (χ4n) is 0.875. The molecule has 0 fully saturated rings. The molecule has 0 aliphatic heterocycles. The van der Waals surface area contributed by atoms with E-state index in [-0.39, 0.29) is 6.10 Å². The first-order valence-electron chi connectivity index (χ1n) is 5.24. The Morgan fingerprint density at radius 1 is 1.40 bits per heavy atom. The highest BCUT2D eigenvalue weighted by atomic mass is 17.2. The Morgan fingerprint density at radius 3 is 2.53 bits per heavy atom. The highest BCUT2D eigenvalue weighted by Crippen LogP contribution is 2.14. The molecule has 0 rings (SSSR count). The highest BCUT2D eigenvalue weighted by molar-refractivity contribution is 5.00. The molecule has 0 spiro atoms. The van der Waals surface area contributed by atoms with Crippen LogP contribution in [0.25, 0.3) is 0 Å². The van der Waals surface area contributed by atoms with Crippen molar-refractivity contribution in [3.63, 3.8) is 0 Å². The Hall–Kier alpha value is -0.640. The van der Waals surface area contributed by atoms with E-state index in [2.05, 4.69) is 13.5 Å². The van der Waals surface area contributed by atoms with Crippen molar-refractivity contribution in [2.24, 2.45) is 0 Å². The van der Waals surface area contributed by atoms with Crippen LogP contribution in [-0.4, -0.2) is 19.0 Å². The van der Waals surface area contributed by atoms with Gasteiger partial charge < -0.3 is 4.74 Å². The minimum Gasteiger partial charge on any atom is -0.351 e. The summed E-state index contributed by atoms with van der Waals surface area (Å²) in [7, 11) is 1.58. The van der Waals surface area contributed by atoms with E-state index >= 15 is 0 Å². The molecule has 0 saturated heterocycles. The van der Waals surface area contributed by atoms with Crippen molar-refractivity contribution in [3.05, 3.63) is 24.8 Å². The summed E-state index contributed by atoms with van der Waals surface area (Å²) < 4.78 is 5.08. The van der Waals surface area contributed by atoms with E-state index < -0.39 is 5.79 Å². The summed E-state index contributed by atoms with van der Waals surface area (Å²) in [6, 6.07) is 0. The number of ether oxygens (including phenoxy) is 1. The van der Waals surface area contributed by atoms with Crippen LogP contribution in [0.3, 0.4) is 0 Å². The van der Waals surface area contributed by atoms with Gasteiger partial charge in [0.05, 0.1) is 0 Å².